The van der Waals surface area contributed by atoms with Crippen LogP contribution in [-0.2, 0) is 0 Å². The van der Waals surface area contributed by atoms with Gasteiger partial charge in [-0.05, 0) is 12.1 Å². The van der Waals surface area contributed by atoms with Gasteiger partial charge >= 0.3 is 5.97 Å². The van der Waals surface area contributed by atoms with Crippen molar-refractivity contribution in [3.05, 3.63) is 27.7 Å². The average molecular weight is 276 g/mol. The van der Waals surface area contributed by atoms with Crippen molar-refractivity contribution in [1.29, 1.82) is 0 Å². The summed E-state index contributed by atoms with van der Waals surface area (Å²) in [4.78, 5) is 10.7. The Balaban J connectivity index is 3.36. The monoisotopic (exact) mass is 275 g/mol. The van der Waals surface area contributed by atoms with Crippen LogP contribution in [0.2, 0.25) is 0 Å². The van der Waals surface area contributed by atoms with Crippen LogP contribution in [0.3, 0.4) is 0 Å². The van der Waals surface area contributed by atoms with Crippen LogP contribution in [0.4, 0.5) is 0 Å². The molecule has 15 heavy (non-hydrogen) atoms. The second-order valence-electron chi connectivity index (χ2n) is 2.95. The Hall–Kier alpha value is -1.11. The Morgan fingerprint density at radius 1 is 1.53 bits per heavy atom. The van der Waals surface area contributed by atoms with Gasteiger partial charge in [0.1, 0.15) is 11.3 Å². The average Bonchev–Trinajstić information content (AvgIpc) is 2.16. The summed E-state index contributed by atoms with van der Waals surface area (Å²) in [5.41, 5.74) is 5.49. The molecule has 0 aliphatic carbocycles. The maximum absolute atomic E-state index is 10.7. The fourth-order valence-electron chi connectivity index (χ4n) is 1.20. The van der Waals surface area contributed by atoms with E-state index < -0.39 is 17.8 Å². The number of hydrogen-bond donors (Lipinski definition) is 4. The summed E-state index contributed by atoms with van der Waals surface area (Å²) >= 11 is 3.13. The Labute approximate surface area is 94.3 Å². The van der Waals surface area contributed by atoms with Gasteiger partial charge in [-0.3, -0.25) is 0 Å². The largest absolute Gasteiger partial charge is 0.507 e. The highest BCUT2D eigenvalue weighted by Gasteiger charge is 2.20. The Kier molecular flexibility index (Phi) is 3.67. The summed E-state index contributed by atoms with van der Waals surface area (Å²) in [6.07, 6.45) is 0. The minimum atomic E-state index is -1.24. The Morgan fingerprint density at radius 2 is 2.13 bits per heavy atom. The number of aromatic hydroxyl groups is 1. The smallest absolute Gasteiger partial charge is 0.339 e. The molecule has 0 spiro atoms. The number of carbonyl (C=O) groups is 1. The van der Waals surface area contributed by atoms with Gasteiger partial charge in [0.05, 0.1) is 12.6 Å². The van der Waals surface area contributed by atoms with E-state index in [1.54, 1.807) is 0 Å². The van der Waals surface area contributed by atoms with E-state index in [1.807, 2.05) is 0 Å². The first-order valence-corrected chi connectivity index (χ1v) is 4.89. The first-order valence-electron chi connectivity index (χ1n) is 4.10. The van der Waals surface area contributed by atoms with Gasteiger partial charge in [0.15, 0.2) is 0 Å². The van der Waals surface area contributed by atoms with E-state index in [4.69, 9.17) is 15.9 Å². The molecular formula is C9H10BrNO4. The zero-order chi connectivity index (χ0) is 11.6. The van der Waals surface area contributed by atoms with Gasteiger partial charge < -0.3 is 21.1 Å². The van der Waals surface area contributed by atoms with Gasteiger partial charge in [0.2, 0.25) is 0 Å². The van der Waals surface area contributed by atoms with Crippen LogP contribution < -0.4 is 5.73 Å². The highest BCUT2D eigenvalue weighted by Crippen LogP contribution is 2.33. The molecule has 1 aromatic carbocycles. The molecule has 0 fully saturated rings. The summed E-state index contributed by atoms with van der Waals surface area (Å²) < 4.78 is 0.464. The lowest BCUT2D eigenvalue weighted by Crippen LogP contribution is -2.16. The number of nitrogens with two attached hydrogens (primary N) is 1. The van der Waals surface area contributed by atoms with Crippen LogP contribution in [0.5, 0.6) is 5.75 Å². The number of carboxylic acid groups (broad SMARTS) is 1. The molecule has 6 heteroatoms. The third kappa shape index (κ3) is 2.28. The Bertz CT molecular complexity index is 394. The van der Waals surface area contributed by atoms with Gasteiger partial charge in [-0.1, -0.05) is 15.9 Å². The van der Waals surface area contributed by atoms with Gasteiger partial charge in [0, 0.05) is 10.0 Å². The summed E-state index contributed by atoms with van der Waals surface area (Å²) in [6, 6.07) is 1.90. The summed E-state index contributed by atoms with van der Waals surface area (Å²) in [6.45, 7) is -0.380. The quantitative estimate of drug-likeness (QED) is 0.655. The lowest BCUT2D eigenvalue weighted by molar-refractivity contribution is 0.0693. The van der Waals surface area contributed by atoms with Crippen LogP contribution in [0.25, 0.3) is 0 Å². The second kappa shape index (κ2) is 4.61. The molecule has 5 N–H and O–H groups in total. The number of hydrogen-bond acceptors (Lipinski definition) is 4. The second-order valence-corrected chi connectivity index (χ2v) is 3.81. The highest BCUT2D eigenvalue weighted by molar-refractivity contribution is 9.10. The summed E-state index contributed by atoms with van der Waals surface area (Å²) in [5, 5.41) is 27.3. The minimum absolute atomic E-state index is 0.192. The van der Waals surface area contributed by atoms with Crippen LogP contribution in [0.15, 0.2) is 16.6 Å². The molecule has 0 radical (unpaired) electrons. The predicted molar refractivity (Wildman–Crippen MR) is 56.8 cm³/mol. The van der Waals surface area contributed by atoms with Crippen molar-refractivity contribution in [2.45, 2.75) is 6.04 Å². The van der Waals surface area contributed by atoms with Gasteiger partial charge in [0.25, 0.3) is 0 Å². The third-order valence-corrected chi connectivity index (χ3v) is 2.65. The van der Waals surface area contributed by atoms with Crippen molar-refractivity contribution in [1.82, 2.24) is 0 Å². The zero-order valence-electron chi connectivity index (χ0n) is 7.64. The van der Waals surface area contributed by atoms with E-state index in [2.05, 4.69) is 15.9 Å². The maximum Gasteiger partial charge on any atom is 0.339 e. The third-order valence-electron chi connectivity index (χ3n) is 1.96. The first-order chi connectivity index (χ1) is 6.99. The standard InChI is InChI=1S/C9H10BrNO4/c10-5-2-1-4(9(14)15)8(13)7(5)6(11)3-12/h1-2,6,12-13H,3,11H2,(H,14,15)/t6-/m0/s1. The first kappa shape index (κ1) is 12.0. The molecule has 0 aliphatic heterocycles. The summed E-state index contributed by atoms with van der Waals surface area (Å²) in [5.74, 6) is -1.66. The molecule has 0 aromatic heterocycles. The lowest BCUT2D eigenvalue weighted by Gasteiger charge is -2.14. The number of phenols is 1. The van der Waals surface area contributed by atoms with Crippen LogP contribution in [-0.4, -0.2) is 27.9 Å². The molecule has 0 bridgehead atoms. The molecule has 0 unspecified atom stereocenters. The van der Waals surface area contributed by atoms with E-state index in [0.717, 1.165) is 0 Å². The van der Waals surface area contributed by atoms with Crippen molar-refractivity contribution < 1.29 is 20.1 Å². The lowest BCUT2D eigenvalue weighted by atomic mass is 10.0. The van der Waals surface area contributed by atoms with E-state index in [0.29, 0.717) is 4.47 Å². The molecule has 82 valence electrons. The molecule has 1 aromatic rings. The van der Waals surface area contributed by atoms with Crippen LogP contribution in [0.1, 0.15) is 22.0 Å². The molecule has 0 heterocycles. The molecule has 0 aliphatic rings. The molecular weight excluding hydrogens is 266 g/mol. The van der Waals surface area contributed by atoms with Crippen LogP contribution in [0, 0.1) is 0 Å². The topological polar surface area (TPSA) is 104 Å². The van der Waals surface area contributed by atoms with E-state index in [1.165, 1.54) is 12.1 Å². The number of aromatic carboxylic acids is 1. The van der Waals surface area contributed by atoms with Crippen molar-refractivity contribution >= 4 is 21.9 Å². The van der Waals surface area contributed by atoms with E-state index >= 15 is 0 Å². The zero-order valence-corrected chi connectivity index (χ0v) is 9.23. The molecule has 0 saturated heterocycles. The van der Waals surface area contributed by atoms with Crippen LogP contribution >= 0.6 is 15.9 Å². The molecule has 0 saturated carbocycles. The summed E-state index contributed by atoms with van der Waals surface area (Å²) in [7, 11) is 0. The number of benzene rings is 1. The number of aliphatic hydroxyl groups excluding tert-OH is 1. The molecule has 1 atom stereocenters. The Morgan fingerprint density at radius 3 is 2.60 bits per heavy atom. The fourth-order valence-corrected chi connectivity index (χ4v) is 1.81. The number of halogens is 1. The number of carboxylic acids is 1. The minimum Gasteiger partial charge on any atom is -0.507 e. The number of aliphatic hydroxyl groups is 1. The van der Waals surface area contributed by atoms with Crippen molar-refractivity contribution in [3.63, 3.8) is 0 Å². The van der Waals surface area contributed by atoms with Crippen molar-refractivity contribution in [2.24, 2.45) is 5.73 Å². The van der Waals surface area contributed by atoms with E-state index in [9.17, 15) is 9.90 Å². The molecule has 0 amide bonds. The van der Waals surface area contributed by atoms with Gasteiger partial charge in [-0.2, -0.15) is 0 Å². The predicted octanol–water partition coefficient (Wildman–Crippen LogP) is 0.845. The van der Waals surface area contributed by atoms with Gasteiger partial charge in [-0.15, -0.1) is 0 Å². The molecule has 5 nitrogen and oxygen atoms in total. The van der Waals surface area contributed by atoms with Crippen molar-refractivity contribution in [2.75, 3.05) is 6.61 Å². The normalized spacial score (nSPS) is 12.5. The SMILES string of the molecule is N[C@@H](CO)c1c(Br)ccc(C(=O)O)c1O. The molecule has 1 rings (SSSR count). The number of rotatable bonds is 3. The maximum atomic E-state index is 10.7. The fraction of sp³-hybridized carbons (Fsp3) is 0.222. The van der Waals surface area contributed by atoms with E-state index in [-0.39, 0.29) is 17.7 Å². The van der Waals surface area contributed by atoms with Crippen molar-refractivity contribution in [3.8, 4) is 5.75 Å². The van der Waals surface area contributed by atoms with Gasteiger partial charge in [-0.25, -0.2) is 4.79 Å². The highest BCUT2D eigenvalue weighted by atomic mass is 79.9.